The molecule has 0 heterocycles. The Hall–Kier alpha value is -2.94. The van der Waals surface area contributed by atoms with Crippen LogP contribution in [0.25, 0.3) is 0 Å². The maximum Gasteiger partial charge on any atom is 0.243 e. The highest BCUT2D eigenvalue weighted by Crippen LogP contribution is 2.28. The molecule has 0 bridgehead atoms. The predicted octanol–water partition coefficient (Wildman–Crippen LogP) is 2.23. The number of hydrogen-bond acceptors (Lipinski definition) is 6. The maximum absolute atomic E-state index is 12.7. The van der Waals surface area contributed by atoms with E-state index in [0.717, 1.165) is 16.1 Å². The first-order valence-corrected chi connectivity index (χ1v) is 11.2. The Bertz CT molecular complexity index is 977. The van der Waals surface area contributed by atoms with Gasteiger partial charge in [-0.3, -0.25) is 9.10 Å². The molecule has 0 aliphatic carbocycles. The van der Waals surface area contributed by atoms with Crippen molar-refractivity contribution in [1.82, 2.24) is 5.32 Å². The lowest BCUT2D eigenvalue weighted by Crippen LogP contribution is -2.48. The lowest BCUT2D eigenvalue weighted by Gasteiger charge is -2.28. The number of anilines is 1. The summed E-state index contributed by atoms with van der Waals surface area (Å²) in [5.74, 6) is 1.34. The third kappa shape index (κ3) is 5.79. The first-order valence-electron chi connectivity index (χ1n) is 9.33. The molecule has 9 heteroatoms. The molecule has 0 radical (unpaired) electrons. The van der Waals surface area contributed by atoms with Gasteiger partial charge in [-0.15, -0.1) is 0 Å². The van der Waals surface area contributed by atoms with E-state index >= 15 is 0 Å². The van der Waals surface area contributed by atoms with Gasteiger partial charge in [-0.2, -0.15) is 0 Å². The maximum atomic E-state index is 12.7. The van der Waals surface area contributed by atoms with Crippen LogP contribution >= 0.6 is 0 Å². The van der Waals surface area contributed by atoms with Crippen LogP contribution < -0.4 is 23.8 Å². The molecule has 0 saturated carbocycles. The molecule has 0 saturated heterocycles. The molecule has 0 aliphatic heterocycles. The number of ether oxygens (including phenoxy) is 3. The van der Waals surface area contributed by atoms with Crippen molar-refractivity contribution in [2.24, 2.45) is 0 Å². The van der Waals surface area contributed by atoms with E-state index in [-0.39, 0.29) is 0 Å². The van der Waals surface area contributed by atoms with Gasteiger partial charge in [0.1, 0.15) is 11.8 Å². The van der Waals surface area contributed by atoms with Gasteiger partial charge in [0.2, 0.25) is 15.9 Å². The normalized spacial score (nSPS) is 12.0. The van der Waals surface area contributed by atoms with Crippen LogP contribution in [0.3, 0.4) is 0 Å². The molecular formula is C21H28N2O6S. The van der Waals surface area contributed by atoms with Crippen LogP contribution in [0.15, 0.2) is 42.5 Å². The second-order valence-electron chi connectivity index (χ2n) is 6.67. The number of carbonyl (C=O) groups excluding carboxylic acids is 1. The van der Waals surface area contributed by atoms with Crippen molar-refractivity contribution in [3.05, 3.63) is 48.0 Å². The Morgan fingerprint density at radius 3 is 2.33 bits per heavy atom. The van der Waals surface area contributed by atoms with Crippen LogP contribution in [0.1, 0.15) is 12.5 Å². The highest BCUT2D eigenvalue weighted by Gasteiger charge is 2.29. The fourth-order valence-corrected chi connectivity index (χ4v) is 4.24. The number of benzene rings is 2. The molecule has 2 rings (SSSR count). The minimum Gasteiger partial charge on any atom is -0.497 e. The summed E-state index contributed by atoms with van der Waals surface area (Å²) < 4.78 is 41.5. The molecule has 8 nitrogen and oxygen atoms in total. The van der Waals surface area contributed by atoms with Crippen molar-refractivity contribution in [3.63, 3.8) is 0 Å². The van der Waals surface area contributed by atoms with Crippen LogP contribution in [0.5, 0.6) is 17.2 Å². The highest BCUT2D eigenvalue weighted by molar-refractivity contribution is 7.92. The summed E-state index contributed by atoms with van der Waals surface area (Å²) in [5, 5.41) is 2.80. The number of nitrogens with one attached hydrogen (secondary N) is 1. The average molecular weight is 437 g/mol. The Morgan fingerprint density at radius 1 is 1.03 bits per heavy atom. The van der Waals surface area contributed by atoms with E-state index in [0.29, 0.717) is 35.9 Å². The summed E-state index contributed by atoms with van der Waals surface area (Å²) in [6.07, 6.45) is 1.62. The molecule has 164 valence electrons. The summed E-state index contributed by atoms with van der Waals surface area (Å²) in [5.41, 5.74) is 1.31. The minimum atomic E-state index is -3.69. The predicted molar refractivity (Wildman–Crippen MR) is 116 cm³/mol. The van der Waals surface area contributed by atoms with E-state index in [1.807, 2.05) is 12.1 Å². The van der Waals surface area contributed by atoms with E-state index < -0.39 is 22.0 Å². The zero-order valence-electron chi connectivity index (χ0n) is 17.8. The number of sulfonamides is 1. The topological polar surface area (TPSA) is 94.2 Å². The first-order chi connectivity index (χ1) is 14.2. The Labute approximate surface area is 177 Å². The molecule has 0 aromatic heterocycles. The molecule has 30 heavy (non-hydrogen) atoms. The zero-order valence-corrected chi connectivity index (χ0v) is 18.7. The SMILES string of the molecule is COc1cccc(N([C@H](C)C(=O)NCCc2ccc(OC)c(OC)c2)S(C)(=O)=O)c1. The number of hydrogen-bond donors (Lipinski definition) is 1. The average Bonchev–Trinajstić information content (AvgIpc) is 2.72. The fourth-order valence-electron chi connectivity index (χ4n) is 3.07. The minimum absolute atomic E-state index is 0.342. The van der Waals surface area contributed by atoms with Gasteiger partial charge in [0, 0.05) is 12.6 Å². The second-order valence-corrected chi connectivity index (χ2v) is 8.53. The van der Waals surface area contributed by atoms with Crippen LogP contribution in [0, 0.1) is 0 Å². The van der Waals surface area contributed by atoms with Gasteiger partial charge in [-0.1, -0.05) is 12.1 Å². The molecular weight excluding hydrogens is 408 g/mol. The van der Waals surface area contributed by atoms with Crippen molar-refractivity contribution >= 4 is 21.6 Å². The summed E-state index contributed by atoms with van der Waals surface area (Å²) >= 11 is 0. The van der Waals surface area contributed by atoms with Crippen LogP contribution in [0.2, 0.25) is 0 Å². The van der Waals surface area contributed by atoms with Gasteiger partial charge in [-0.25, -0.2) is 8.42 Å². The second kappa shape index (κ2) is 10.2. The summed E-state index contributed by atoms with van der Waals surface area (Å²) in [6.45, 7) is 1.89. The van der Waals surface area contributed by atoms with Crippen molar-refractivity contribution in [2.75, 3.05) is 38.4 Å². The quantitative estimate of drug-likeness (QED) is 0.614. The van der Waals surface area contributed by atoms with Crippen LogP contribution in [0.4, 0.5) is 5.69 Å². The first kappa shape index (κ1) is 23.3. The molecule has 1 amide bonds. The van der Waals surface area contributed by atoms with Crippen molar-refractivity contribution in [1.29, 1.82) is 0 Å². The van der Waals surface area contributed by atoms with Gasteiger partial charge in [0.05, 0.1) is 33.3 Å². The standard InChI is InChI=1S/C21H28N2O6S/c1-15(23(30(5,25)26)17-7-6-8-18(14-17)27-2)21(24)22-12-11-16-9-10-19(28-3)20(13-16)29-4/h6-10,13-15H,11-12H2,1-5H3,(H,22,24)/t15-/m1/s1. The lowest BCUT2D eigenvalue weighted by molar-refractivity contribution is -0.121. The zero-order chi connectivity index (χ0) is 22.3. The monoisotopic (exact) mass is 436 g/mol. The molecule has 0 fully saturated rings. The van der Waals surface area contributed by atoms with Gasteiger partial charge in [-0.05, 0) is 43.2 Å². The summed E-state index contributed by atoms with van der Waals surface area (Å²) in [4.78, 5) is 12.7. The molecule has 2 aromatic carbocycles. The van der Waals surface area contributed by atoms with Crippen molar-refractivity contribution in [2.45, 2.75) is 19.4 Å². The van der Waals surface area contributed by atoms with E-state index in [1.54, 1.807) is 51.5 Å². The third-order valence-electron chi connectivity index (χ3n) is 4.56. The third-order valence-corrected chi connectivity index (χ3v) is 5.80. The Morgan fingerprint density at radius 2 is 1.73 bits per heavy atom. The molecule has 2 aromatic rings. The van der Waals surface area contributed by atoms with Gasteiger partial charge >= 0.3 is 0 Å². The lowest BCUT2D eigenvalue weighted by atomic mass is 10.1. The van der Waals surface area contributed by atoms with E-state index in [4.69, 9.17) is 14.2 Å². The molecule has 1 atom stereocenters. The molecule has 0 aliphatic rings. The van der Waals surface area contributed by atoms with Gasteiger partial charge < -0.3 is 19.5 Å². The van der Waals surface area contributed by atoms with E-state index in [1.165, 1.54) is 7.11 Å². The molecule has 1 N–H and O–H groups in total. The largest absolute Gasteiger partial charge is 0.497 e. The van der Waals surface area contributed by atoms with E-state index in [2.05, 4.69) is 5.32 Å². The Kier molecular flexibility index (Phi) is 7.93. The number of amides is 1. The summed E-state index contributed by atoms with van der Waals surface area (Å²) in [7, 11) is 0.923. The van der Waals surface area contributed by atoms with Crippen molar-refractivity contribution in [3.8, 4) is 17.2 Å². The van der Waals surface area contributed by atoms with Crippen LogP contribution in [-0.2, 0) is 21.2 Å². The summed E-state index contributed by atoms with van der Waals surface area (Å²) in [6, 6.07) is 11.2. The number of methoxy groups -OCH3 is 3. The number of nitrogens with zero attached hydrogens (tertiary/aromatic N) is 1. The molecule has 0 spiro atoms. The highest BCUT2D eigenvalue weighted by atomic mass is 32.2. The van der Waals surface area contributed by atoms with Gasteiger partial charge in [0.15, 0.2) is 11.5 Å². The smallest absolute Gasteiger partial charge is 0.243 e. The number of carbonyl (C=O) groups is 1. The molecule has 0 unspecified atom stereocenters. The van der Waals surface area contributed by atoms with Crippen molar-refractivity contribution < 1.29 is 27.4 Å². The number of rotatable bonds is 10. The van der Waals surface area contributed by atoms with E-state index in [9.17, 15) is 13.2 Å². The van der Waals surface area contributed by atoms with Gasteiger partial charge in [0.25, 0.3) is 0 Å². The fraction of sp³-hybridized carbons (Fsp3) is 0.381. The van der Waals surface area contributed by atoms with Crippen LogP contribution in [-0.4, -0.2) is 54.5 Å². The Balaban J connectivity index is 2.09.